The molecule has 0 amide bonds. The summed E-state index contributed by atoms with van der Waals surface area (Å²) in [6.07, 6.45) is 1.25. The van der Waals surface area contributed by atoms with E-state index in [0.717, 1.165) is 11.6 Å². The quantitative estimate of drug-likeness (QED) is 0.838. The topological polar surface area (TPSA) is 12.0 Å². The highest BCUT2D eigenvalue weighted by Crippen LogP contribution is 2.58. The third-order valence-corrected chi connectivity index (χ3v) is 4.28. The lowest BCUT2D eigenvalue weighted by molar-refractivity contribution is 0.423. The maximum absolute atomic E-state index is 6.30. The Morgan fingerprint density at radius 2 is 2.06 bits per heavy atom. The van der Waals surface area contributed by atoms with Crippen LogP contribution in [0.2, 0.25) is 10.0 Å². The van der Waals surface area contributed by atoms with Crippen LogP contribution in [0.15, 0.2) is 18.2 Å². The van der Waals surface area contributed by atoms with Gasteiger partial charge in [0.2, 0.25) is 0 Å². The first-order chi connectivity index (χ1) is 7.95. The molecular formula is C14H19Cl2N. The summed E-state index contributed by atoms with van der Waals surface area (Å²) in [6, 6.07) is 6.15. The minimum absolute atomic E-state index is 0.347. The highest BCUT2D eigenvalue weighted by atomic mass is 35.5. The van der Waals surface area contributed by atoms with E-state index in [0.29, 0.717) is 22.4 Å². The van der Waals surface area contributed by atoms with E-state index in [1.54, 1.807) is 0 Å². The molecule has 0 bridgehead atoms. The van der Waals surface area contributed by atoms with Crippen LogP contribution < -0.4 is 5.32 Å². The molecule has 2 atom stereocenters. The zero-order valence-electron chi connectivity index (χ0n) is 10.6. The number of benzene rings is 1. The lowest BCUT2D eigenvalue weighted by Crippen LogP contribution is -2.24. The van der Waals surface area contributed by atoms with Crippen molar-refractivity contribution in [2.24, 2.45) is 11.3 Å². The second-order valence-corrected chi connectivity index (χ2v) is 6.34. The van der Waals surface area contributed by atoms with Crippen molar-refractivity contribution in [3.8, 4) is 0 Å². The van der Waals surface area contributed by atoms with Gasteiger partial charge >= 0.3 is 0 Å². The van der Waals surface area contributed by atoms with E-state index < -0.39 is 0 Å². The molecule has 0 saturated heterocycles. The molecule has 1 aromatic rings. The summed E-state index contributed by atoms with van der Waals surface area (Å²) in [4.78, 5) is 0. The van der Waals surface area contributed by atoms with Crippen molar-refractivity contribution in [1.29, 1.82) is 0 Å². The second kappa shape index (κ2) is 4.79. The van der Waals surface area contributed by atoms with Crippen LogP contribution in [0.1, 0.15) is 38.8 Å². The Bertz CT molecular complexity index is 415. The van der Waals surface area contributed by atoms with Gasteiger partial charge in [-0.3, -0.25) is 0 Å². The number of hydrogen-bond donors (Lipinski definition) is 1. The predicted octanol–water partition coefficient (Wildman–Crippen LogP) is 4.69. The summed E-state index contributed by atoms with van der Waals surface area (Å²) in [7, 11) is 0. The molecule has 3 heteroatoms. The molecule has 0 heterocycles. The highest BCUT2D eigenvalue weighted by molar-refractivity contribution is 6.35. The summed E-state index contributed by atoms with van der Waals surface area (Å²) in [5.41, 5.74) is 1.60. The zero-order chi connectivity index (χ0) is 12.6. The van der Waals surface area contributed by atoms with Crippen molar-refractivity contribution in [1.82, 2.24) is 5.32 Å². The van der Waals surface area contributed by atoms with Crippen LogP contribution in [0, 0.1) is 11.3 Å². The molecule has 17 heavy (non-hydrogen) atoms. The van der Waals surface area contributed by atoms with Gasteiger partial charge in [-0.2, -0.15) is 0 Å². The van der Waals surface area contributed by atoms with Crippen LogP contribution in [-0.2, 0) is 0 Å². The molecule has 1 nitrogen and oxygen atoms in total. The van der Waals surface area contributed by atoms with E-state index in [1.165, 1.54) is 12.0 Å². The van der Waals surface area contributed by atoms with Gasteiger partial charge in [0.15, 0.2) is 0 Å². The Labute approximate surface area is 114 Å². The van der Waals surface area contributed by atoms with Crippen molar-refractivity contribution in [2.75, 3.05) is 6.54 Å². The molecule has 2 rings (SSSR count). The monoisotopic (exact) mass is 271 g/mol. The van der Waals surface area contributed by atoms with Crippen LogP contribution in [0.4, 0.5) is 0 Å². The lowest BCUT2D eigenvalue weighted by Gasteiger charge is -2.21. The zero-order valence-corrected chi connectivity index (χ0v) is 12.1. The first kappa shape index (κ1) is 13.2. The van der Waals surface area contributed by atoms with Crippen LogP contribution in [-0.4, -0.2) is 6.54 Å². The number of rotatable bonds is 4. The minimum atomic E-state index is 0.347. The van der Waals surface area contributed by atoms with Gasteiger partial charge in [-0.05, 0) is 42.0 Å². The molecule has 0 aromatic heterocycles. The number of hydrogen-bond acceptors (Lipinski definition) is 1. The Morgan fingerprint density at radius 1 is 1.41 bits per heavy atom. The standard InChI is InChI=1S/C14H19Cl2N/c1-4-17-13(11-8-14(11,2)3)10-6-5-9(15)7-12(10)16/h5-7,11,13,17H,4,8H2,1-3H3. The Balaban J connectivity index is 2.27. The van der Waals surface area contributed by atoms with Gasteiger partial charge in [-0.15, -0.1) is 0 Å². The van der Waals surface area contributed by atoms with Gasteiger partial charge in [0.1, 0.15) is 0 Å². The molecule has 0 radical (unpaired) electrons. The molecule has 1 aromatic carbocycles. The smallest absolute Gasteiger partial charge is 0.0468 e. The van der Waals surface area contributed by atoms with E-state index in [2.05, 4.69) is 26.1 Å². The van der Waals surface area contributed by atoms with E-state index in [9.17, 15) is 0 Å². The van der Waals surface area contributed by atoms with Crippen LogP contribution in [0.25, 0.3) is 0 Å². The molecule has 0 aliphatic heterocycles. The number of nitrogens with one attached hydrogen (secondary N) is 1. The Morgan fingerprint density at radius 3 is 2.53 bits per heavy atom. The van der Waals surface area contributed by atoms with Crippen LogP contribution >= 0.6 is 23.2 Å². The van der Waals surface area contributed by atoms with Crippen molar-refractivity contribution in [2.45, 2.75) is 33.2 Å². The fourth-order valence-corrected chi connectivity index (χ4v) is 3.05. The normalized spacial score (nSPS) is 23.5. The Kier molecular flexibility index (Phi) is 3.72. The average Bonchev–Trinajstić information content (AvgIpc) is 2.85. The van der Waals surface area contributed by atoms with Gasteiger partial charge in [-0.1, -0.05) is 50.0 Å². The SMILES string of the molecule is CCNC(c1ccc(Cl)cc1Cl)C1CC1(C)C. The van der Waals surface area contributed by atoms with Crippen molar-refractivity contribution >= 4 is 23.2 Å². The van der Waals surface area contributed by atoms with Crippen molar-refractivity contribution in [3.63, 3.8) is 0 Å². The van der Waals surface area contributed by atoms with Crippen molar-refractivity contribution < 1.29 is 0 Å². The van der Waals surface area contributed by atoms with Gasteiger partial charge in [-0.25, -0.2) is 0 Å². The first-order valence-corrected chi connectivity index (χ1v) is 6.89. The second-order valence-electron chi connectivity index (χ2n) is 5.50. The molecule has 1 N–H and O–H groups in total. The third-order valence-electron chi connectivity index (χ3n) is 3.71. The third kappa shape index (κ3) is 2.78. The van der Waals surface area contributed by atoms with Crippen molar-refractivity contribution in [3.05, 3.63) is 33.8 Å². The van der Waals surface area contributed by atoms with Gasteiger partial charge in [0, 0.05) is 16.1 Å². The fourth-order valence-electron chi connectivity index (χ4n) is 2.52. The molecule has 1 fully saturated rings. The predicted molar refractivity (Wildman–Crippen MR) is 74.8 cm³/mol. The summed E-state index contributed by atoms with van der Waals surface area (Å²) in [5, 5.41) is 5.02. The Hall–Kier alpha value is -0.240. The summed E-state index contributed by atoms with van der Waals surface area (Å²) >= 11 is 12.2. The molecule has 1 aliphatic carbocycles. The largest absolute Gasteiger partial charge is 0.310 e. The molecule has 2 unspecified atom stereocenters. The summed E-state index contributed by atoms with van der Waals surface area (Å²) in [6.45, 7) is 7.71. The summed E-state index contributed by atoms with van der Waals surface area (Å²) < 4.78 is 0. The van der Waals surface area contributed by atoms with E-state index in [1.807, 2.05) is 18.2 Å². The van der Waals surface area contributed by atoms with Gasteiger partial charge in [0.05, 0.1) is 0 Å². The van der Waals surface area contributed by atoms with Crippen LogP contribution in [0.3, 0.4) is 0 Å². The molecule has 1 aliphatic rings. The maximum atomic E-state index is 6.30. The fraction of sp³-hybridized carbons (Fsp3) is 0.571. The minimum Gasteiger partial charge on any atom is -0.310 e. The number of halogens is 2. The molecule has 94 valence electrons. The molecule has 1 saturated carbocycles. The summed E-state index contributed by atoms with van der Waals surface area (Å²) in [5.74, 6) is 0.668. The van der Waals surface area contributed by atoms with Gasteiger partial charge < -0.3 is 5.32 Å². The molecular weight excluding hydrogens is 253 g/mol. The lowest BCUT2D eigenvalue weighted by atomic mass is 9.97. The van der Waals surface area contributed by atoms with E-state index in [-0.39, 0.29) is 0 Å². The average molecular weight is 272 g/mol. The maximum Gasteiger partial charge on any atom is 0.0468 e. The van der Waals surface area contributed by atoms with E-state index in [4.69, 9.17) is 23.2 Å². The molecule has 0 spiro atoms. The van der Waals surface area contributed by atoms with E-state index >= 15 is 0 Å². The van der Waals surface area contributed by atoms with Crippen LogP contribution in [0.5, 0.6) is 0 Å². The van der Waals surface area contributed by atoms with Gasteiger partial charge in [0.25, 0.3) is 0 Å². The first-order valence-electron chi connectivity index (χ1n) is 6.14. The highest BCUT2D eigenvalue weighted by Gasteiger charge is 2.50.